The number of aryl methyl sites for hydroxylation is 1. The van der Waals surface area contributed by atoms with Crippen molar-refractivity contribution in [3.63, 3.8) is 0 Å². The first-order valence-electron chi connectivity index (χ1n) is 7.40. The summed E-state index contributed by atoms with van der Waals surface area (Å²) in [6.45, 7) is 1.98. The molecule has 6 heteroatoms. The molecule has 1 aromatic carbocycles. The fraction of sp³-hybridized carbons (Fsp3) is 0.312. The highest BCUT2D eigenvalue weighted by molar-refractivity contribution is 6.31. The standard InChI is InChI=1S/C16H16ClN5/c1-9-7-10(5-6-12(9)17)14-13-15(18)19-8-20-16(13)22(21-14)11-3-2-4-11/h5-8,11H,2-4H2,1H3,(H2,18,19,20). The lowest BCUT2D eigenvalue weighted by molar-refractivity contribution is 0.296. The Morgan fingerprint density at radius 3 is 2.77 bits per heavy atom. The second-order valence-electron chi connectivity index (χ2n) is 5.80. The number of benzene rings is 1. The van der Waals surface area contributed by atoms with E-state index in [1.165, 1.54) is 12.7 Å². The molecular formula is C16H16ClN5. The minimum atomic E-state index is 0.416. The van der Waals surface area contributed by atoms with E-state index in [0.29, 0.717) is 11.9 Å². The second-order valence-corrected chi connectivity index (χ2v) is 6.21. The molecule has 2 aromatic heterocycles. The van der Waals surface area contributed by atoms with Crippen LogP contribution in [0, 0.1) is 6.92 Å². The van der Waals surface area contributed by atoms with E-state index >= 15 is 0 Å². The van der Waals surface area contributed by atoms with Gasteiger partial charge in [0.25, 0.3) is 0 Å². The molecular weight excluding hydrogens is 298 g/mol. The highest BCUT2D eigenvalue weighted by Crippen LogP contribution is 2.38. The third-order valence-electron chi connectivity index (χ3n) is 4.37. The Balaban J connectivity index is 1.98. The Labute approximate surface area is 133 Å². The highest BCUT2D eigenvalue weighted by atomic mass is 35.5. The molecule has 5 nitrogen and oxygen atoms in total. The lowest BCUT2D eigenvalue weighted by Gasteiger charge is -2.25. The molecule has 4 rings (SSSR count). The Morgan fingerprint density at radius 2 is 2.09 bits per heavy atom. The topological polar surface area (TPSA) is 69.6 Å². The van der Waals surface area contributed by atoms with E-state index in [1.807, 2.05) is 29.8 Å². The van der Waals surface area contributed by atoms with E-state index in [2.05, 4.69) is 9.97 Å². The van der Waals surface area contributed by atoms with E-state index in [9.17, 15) is 0 Å². The maximum absolute atomic E-state index is 6.13. The van der Waals surface area contributed by atoms with E-state index in [1.54, 1.807) is 0 Å². The third-order valence-corrected chi connectivity index (χ3v) is 4.79. The normalized spacial score (nSPS) is 15.2. The van der Waals surface area contributed by atoms with Crippen molar-refractivity contribution in [2.24, 2.45) is 0 Å². The summed E-state index contributed by atoms with van der Waals surface area (Å²) in [5, 5.41) is 6.38. The summed E-state index contributed by atoms with van der Waals surface area (Å²) in [4.78, 5) is 8.55. The summed E-state index contributed by atoms with van der Waals surface area (Å²) >= 11 is 6.13. The van der Waals surface area contributed by atoms with Crippen LogP contribution >= 0.6 is 11.6 Å². The zero-order valence-corrected chi connectivity index (χ0v) is 13.0. The number of nitrogens with two attached hydrogens (primary N) is 1. The van der Waals surface area contributed by atoms with Crippen molar-refractivity contribution < 1.29 is 0 Å². The van der Waals surface area contributed by atoms with Gasteiger partial charge >= 0.3 is 0 Å². The van der Waals surface area contributed by atoms with Gasteiger partial charge in [-0.25, -0.2) is 14.6 Å². The molecule has 1 saturated carbocycles. The fourth-order valence-corrected chi connectivity index (χ4v) is 2.99. The van der Waals surface area contributed by atoms with Crippen molar-refractivity contribution in [3.8, 4) is 11.3 Å². The average Bonchev–Trinajstić information content (AvgIpc) is 2.81. The van der Waals surface area contributed by atoms with Crippen LogP contribution in [0.15, 0.2) is 24.5 Å². The van der Waals surface area contributed by atoms with Crippen LogP contribution < -0.4 is 5.73 Å². The molecule has 0 bridgehead atoms. The van der Waals surface area contributed by atoms with Crippen molar-refractivity contribution in [2.45, 2.75) is 32.2 Å². The summed E-state index contributed by atoms with van der Waals surface area (Å²) in [7, 11) is 0. The van der Waals surface area contributed by atoms with Crippen LogP contribution in [0.25, 0.3) is 22.3 Å². The maximum atomic E-state index is 6.13. The van der Waals surface area contributed by atoms with Crippen LogP contribution in [0.3, 0.4) is 0 Å². The molecule has 2 N–H and O–H groups in total. The lowest BCUT2D eigenvalue weighted by Crippen LogP contribution is -2.18. The first kappa shape index (κ1) is 13.5. The van der Waals surface area contributed by atoms with Crippen LogP contribution in [0.2, 0.25) is 5.02 Å². The minimum Gasteiger partial charge on any atom is -0.383 e. The first-order chi connectivity index (χ1) is 10.6. The number of hydrogen-bond acceptors (Lipinski definition) is 4. The SMILES string of the molecule is Cc1cc(-c2nn(C3CCC3)c3ncnc(N)c23)ccc1Cl. The molecule has 0 radical (unpaired) electrons. The number of aromatic nitrogens is 4. The van der Waals surface area contributed by atoms with Gasteiger partial charge in [0.05, 0.1) is 11.4 Å². The molecule has 0 atom stereocenters. The number of hydrogen-bond donors (Lipinski definition) is 1. The summed E-state index contributed by atoms with van der Waals surface area (Å²) < 4.78 is 2.01. The first-order valence-corrected chi connectivity index (χ1v) is 7.78. The Bertz CT molecular complexity index is 866. The zero-order chi connectivity index (χ0) is 15.3. The predicted molar refractivity (Wildman–Crippen MR) is 87.8 cm³/mol. The summed E-state index contributed by atoms with van der Waals surface area (Å²) in [5.74, 6) is 0.471. The molecule has 0 spiro atoms. The van der Waals surface area contributed by atoms with Gasteiger partial charge in [-0.15, -0.1) is 0 Å². The van der Waals surface area contributed by atoms with Crippen molar-refractivity contribution in [3.05, 3.63) is 35.1 Å². The van der Waals surface area contributed by atoms with Crippen LogP contribution in [-0.2, 0) is 0 Å². The molecule has 2 heterocycles. The van der Waals surface area contributed by atoms with Gasteiger partial charge in [0.1, 0.15) is 17.8 Å². The van der Waals surface area contributed by atoms with E-state index in [4.69, 9.17) is 22.4 Å². The molecule has 22 heavy (non-hydrogen) atoms. The summed E-state index contributed by atoms with van der Waals surface area (Å²) in [6.07, 6.45) is 5.02. The largest absolute Gasteiger partial charge is 0.383 e. The van der Waals surface area contributed by atoms with Crippen LogP contribution in [-0.4, -0.2) is 19.7 Å². The van der Waals surface area contributed by atoms with Gasteiger partial charge in [0, 0.05) is 10.6 Å². The minimum absolute atomic E-state index is 0.416. The lowest BCUT2D eigenvalue weighted by atomic mass is 9.93. The van der Waals surface area contributed by atoms with Gasteiger partial charge in [0.2, 0.25) is 0 Å². The number of fused-ring (bicyclic) bond motifs is 1. The Morgan fingerprint density at radius 1 is 1.27 bits per heavy atom. The van der Waals surface area contributed by atoms with Gasteiger partial charge in [-0.2, -0.15) is 5.10 Å². The molecule has 0 aliphatic heterocycles. The van der Waals surface area contributed by atoms with Crippen LogP contribution in [0.1, 0.15) is 30.9 Å². The van der Waals surface area contributed by atoms with Crippen molar-refractivity contribution in [1.29, 1.82) is 0 Å². The fourth-order valence-electron chi connectivity index (χ4n) is 2.88. The van der Waals surface area contributed by atoms with E-state index < -0.39 is 0 Å². The van der Waals surface area contributed by atoms with Gasteiger partial charge in [-0.3, -0.25) is 0 Å². The quantitative estimate of drug-likeness (QED) is 0.782. The number of nitrogen functional groups attached to an aromatic ring is 1. The average molecular weight is 314 g/mol. The monoisotopic (exact) mass is 313 g/mol. The van der Waals surface area contributed by atoms with Gasteiger partial charge in [0.15, 0.2) is 5.65 Å². The highest BCUT2D eigenvalue weighted by Gasteiger charge is 2.26. The van der Waals surface area contributed by atoms with Gasteiger partial charge < -0.3 is 5.73 Å². The van der Waals surface area contributed by atoms with E-state index in [-0.39, 0.29) is 0 Å². The zero-order valence-electron chi connectivity index (χ0n) is 12.3. The Kier molecular flexibility index (Phi) is 3.04. The van der Waals surface area contributed by atoms with Crippen molar-refractivity contribution in [1.82, 2.24) is 19.7 Å². The Hall–Kier alpha value is -2.14. The molecule has 112 valence electrons. The molecule has 0 saturated heterocycles. The van der Waals surface area contributed by atoms with Gasteiger partial charge in [-0.1, -0.05) is 17.7 Å². The predicted octanol–water partition coefficient (Wildman–Crippen LogP) is 3.76. The number of halogens is 1. The molecule has 0 unspecified atom stereocenters. The summed E-state index contributed by atoms with van der Waals surface area (Å²) in [5.41, 5.74) is 9.76. The van der Waals surface area contributed by atoms with E-state index in [0.717, 1.165) is 45.7 Å². The molecule has 0 amide bonds. The van der Waals surface area contributed by atoms with Crippen molar-refractivity contribution in [2.75, 3.05) is 5.73 Å². The van der Waals surface area contributed by atoms with Crippen LogP contribution in [0.4, 0.5) is 5.82 Å². The molecule has 1 fully saturated rings. The number of anilines is 1. The molecule has 1 aliphatic rings. The third kappa shape index (κ3) is 1.96. The van der Waals surface area contributed by atoms with Crippen molar-refractivity contribution >= 4 is 28.5 Å². The maximum Gasteiger partial charge on any atom is 0.164 e. The molecule has 3 aromatic rings. The number of rotatable bonds is 2. The summed E-state index contributed by atoms with van der Waals surface area (Å²) in [6, 6.07) is 6.30. The smallest absolute Gasteiger partial charge is 0.164 e. The van der Waals surface area contributed by atoms with Crippen LogP contribution in [0.5, 0.6) is 0 Å². The number of nitrogens with zero attached hydrogens (tertiary/aromatic N) is 4. The molecule has 1 aliphatic carbocycles. The second kappa shape index (κ2) is 4.95. The van der Waals surface area contributed by atoms with Gasteiger partial charge in [-0.05, 0) is 43.9 Å².